The van der Waals surface area contributed by atoms with Gasteiger partial charge >= 0.3 is 0 Å². The first-order chi connectivity index (χ1) is 10.2. The van der Waals surface area contributed by atoms with Gasteiger partial charge in [0, 0.05) is 13.1 Å². The normalized spacial score (nSPS) is 53.8. The Hall–Kier alpha value is -0.570. The van der Waals surface area contributed by atoms with Gasteiger partial charge in [0.15, 0.2) is 0 Å². The number of amides is 1. The van der Waals surface area contributed by atoms with Crippen molar-refractivity contribution in [2.45, 2.75) is 78.4 Å². The maximum absolute atomic E-state index is 13.5. The Kier molecular flexibility index (Phi) is 3.06. The van der Waals surface area contributed by atoms with Crippen molar-refractivity contribution in [3.05, 3.63) is 0 Å². The van der Waals surface area contributed by atoms with E-state index in [4.69, 9.17) is 4.74 Å². The van der Waals surface area contributed by atoms with Gasteiger partial charge in [0.2, 0.25) is 5.91 Å². The van der Waals surface area contributed by atoms with Crippen molar-refractivity contribution >= 4 is 5.91 Å². The minimum atomic E-state index is -0.0559. The lowest BCUT2D eigenvalue weighted by molar-refractivity contribution is -0.186. The Morgan fingerprint density at radius 3 is 2.00 bits per heavy atom. The Balaban J connectivity index is 1.62. The molecule has 0 aromatic heterocycles. The number of hydrogen-bond acceptors (Lipinski definition) is 2. The molecule has 0 aromatic rings. The molecule has 22 heavy (non-hydrogen) atoms. The predicted molar refractivity (Wildman–Crippen MR) is 86.4 cm³/mol. The van der Waals surface area contributed by atoms with Crippen LogP contribution in [-0.4, -0.2) is 36.1 Å². The molecule has 124 valence electrons. The van der Waals surface area contributed by atoms with Crippen LogP contribution in [-0.2, 0) is 9.53 Å². The second-order valence-corrected chi connectivity index (χ2v) is 9.88. The van der Waals surface area contributed by atoms with Crippen LogP contribution < -0.4 is 0 Å². The van der Waals surface area contributed by atoms with Crippen molar-refractivity contribution in [2.24, 2.45) is 22.2 Å². The van der Waals surface area contributed by atoms with E-state index in [1.54, 1.807) is 0 Å². The third-order valence-electron chi connectivity index (χ3n) is 6.79. The molecule has 0 spiro atoms. The fourth-order valence-electron chi connectivity index (χ4n) is 7.37. The van der Waals surface area contributed by atoms with Gasteiger partial charge < -0.3 is 9.64 Å². The molecule has 1 aliphatic heterocycles. The van der Waals surface area contributed by atoms with Gasteiger partial charge in [-0.2, -0.15) is 0 Å². The number of carbonyl (C=O) groups is 1. The molecule has 6 atom stereocenters. The van der Waals surface area contributed by atoms with Crippen molar-refractivity contribution in [3.8, 4) is 0 Å². The molecule has 1 saturated heterocycles. The molecule has 3 nitrogen and oxygen atoms in total. The SMILES string of the molecule is C[C@@H]1CN(C(=O)C23CC4C[C@@](C)(C2)C[C@](C)(C4)C3)C[C@H](C)O1. The highest BCUT2D eigenvalue weighted by molar-refractivity contribution is 5.83. The van der Waals surface area contributed by atoms with E-state index in [0.717, 1.165) is 38.3 Å². The van der Waals surface area contributed by atoms with E-state index in [-0.39, 0.29) is 17.6 Å². The molecular weight excluding hydrogens is 274 g/mol. The van der Waals surface area contributed by atoms with Crippen LogP contribution in [0.2, 0.25) is 0 Å². The van der Waals surface area contributed by atoms with Gasteiger partial charge in [0.25, 0.3) is 0 Å². The quantitative estimate of drug-likeness (QED) is 0.740. The average Bonchev–Trinajstić information content (AvgIpc) is 2.32. The van der Waals surface area contributed by atoms with Gasteiger partial charge in [-0.05, 0) is 69.1 Å². The highest BCUT2D eigenvalue weighted by atomic mass is 16.5. The molecule has 1 amide bonds. The maximum atomic E-state index is 13.5. The zero-order valence-electron chi connectivity index (χ0n) is 14.7. The second kappa shape index (κ2) is 4.49. The summed E-state index contributed by atoms with van der Waals surface area (Å²) < 4.78 is 5.83. The molecule has 4 aliphatic carbocycles. The van der Waals surface area contributed by atoms with E-state index < -0.39 is 0 Å². The first-order valence-corrected chi connectivity index (χ1v) is 9.16. The molecule has 4 saturated carbocycles. The van der Waals surface area contributed by atoms with Crippen molar-refractivity contribution in [3.63, 3.8) is 0 Å². The monoisotopic (exact) mass is 305 g/mol. The minimum absolute atomic E-state index is 0.0559. The first kappa shape index (κ1) is 15.0. The summed E-state index contributed by atoms with van der Waals surface area (Å²) in [5.41, 5.74) is 0.764. The number of hydrogen-bond donors (Lipinski definition) is 0. The molecule has 0 N–H and O–H groups in total. The van der Waals surface area contributed by atoms with Crippen LogP contribution in [0.25, 0.3) is 0 Å². The van der Waals surface area contributed by atoms with Crippen molar-refractivity contribution < 1.29 is 9.53 Å². The molecule has 4 bridgehead atoms. The minimum Gasteiger partial charge on any atom is -0.372 e. The first-order valence-electron chi connectivity index (χ1n) is 9.16. The molecule has 5 aliphatic rings. The summed E-state index contributed by atoms with van der Waals surface area (Å²) >= 11 is 0. The lowest BCUT2D eigenvalue weighted by Gasteiger charge is -2.65. The van der Waals surface area contributed by atoms with E-state index in [2.05, 4.69) is 32.6 Å². The number of carbonyl (C=O) groups excluding carboxylic acids is 1. The smallest absolute Gasteiger partial charge is 0.229 e. The topological polar surface area (TPSA) is 29.5 Å². The Labute approximate surface area is 134 Å². The number of nitrogens with zero attached hydrogens (tertiary/aromatic N) is 1. The van der Waals surface area contributed by atoms with Gasteiger partial charge in [0.05, 0.1) is 17.6 Å². The summed E-state index contributed by atoms with van der Waals surface area (Å²) in [4.78, 5) is 15.6. The van der Waals surface area contributed by atoms with E-state index in [1.165, 1.54) is 19.3 Å². The number of ether oxygens (including phenoxy) is 1. The standard InChI is InChI=1S/C19H31NO2/c1-13-8-20(9-14(2)22-13)16(21)19-7-15-5-17(3,11-19)10-18(4,6-15)12-19/h13-15H,5-12H2,1-4H3/t13-,14+,15?,17-,18+,19?. The average molecular weight is 305 g/mol. The van der Waals surface area contributed by atoms with Gasteiger partial charge in [-0.3, -0.25) is 4.79 Å². The number of rotatable bonds is 1. The molecular formula is C19H31NO2. The van der Waals surface area contributed by atoms with Crippen molar-refractivity contribution in [1.82, 2.24) is 4.90 Å². The zero-order valence-corrected chi connectivity index (χ0v) is 14.7. The van der Waals surface area contributed by atoms with Crippen molar-refractivity contribution in [2.75, 3.05) is 13.1 Å². The van der Waals surface area contributed by atoms with Crippen LogP contribution in [0, 0.1) is 22.2 Å². The molecule has 0 radical (unpaired) electrons. The molecule has 2 unspecified atom stereocenters. The van der Waals surface area contributed by atoms with Crippen LogP contribution in [0.15, 0.2) is 0 Å². The van der Waals surface area contributed by atoms with E-state index in [9.17, 15) is 4.79 Å². The summed E-state index contributed by atoms with van der Waals surface area (Å²) in [7, 11) is 0. The lowest BCUT2D eigenvalue weighted by Crippen LogP contribution is -2.62. The fraction of sp³-hybridized carbons (Fsp3) is 0.947. The van der Waals surface area contributed by atoms with E-state index >= 15 is 0 Å². The third kappa shape index (κ3) is 2.23. The number of morpholine rings is 1. The van der Waals surface area contributed by atoms with E-state index in [0.29, 0.717) is 16.7 Å². The Bertz CT molecular complexity index is 474. The third-order valence-corrected chi connectivity index (χ3v) is 6.79. The van der Waals surface area contributed by atoms with Gasteiger partial charge in [-0.25, -0.2) is 0 Å². The van der Waals surface area contributed by atoms with Gasteiger partial charge in [0.1, 0.15) is 0 Å². The molecule has 3 heteroatoms. The summed E-state index contributed by atoms with van der Waals surface area (Å²) in [6.07, 6.45) is 7.80. The summed E-state index contributed by atoms with van der Waals surface area (Å²) in [6, 6.07) is 0. The van der Waals surface area contributed by atoms with Crippen LogP contribution in [0.4, 0.5) is 0 Å². The summed E-state index contributed by atoms with van der Waals surface area (Å²) in [5, 5.41) is 0. The molecule has 1 heterocycles. The van der Waals surface area contributed by atoms with Crippen LogP contribution >= 0.6 is 0 Å². The Morgan fingerprint density at radius 2 is 1.50 bits per heavy atom. The van der Waals surface area contributed by atoms with Gasteiger partial charge in [-0.15, -0.1) is 0 Å². The summed E-state index contributed by atoms with van der Waals surface area (Å²) in [6.45, 7) is 10.6. The maximum Gasteiger partial charge on any atom is 0.229 e. The Morgan fingerprint density at radius 1 is 0.955 bits per heavy atom. The highest BCUT2D eigenvalue weighted by Gasteiger charge is 2.63. The van der Waals surface area contributed by atoms with Crippen molar-refractivity contribution in [1.29, 1.82) is 0 Å². The highest BCUT2D eigenvalue weighted by Crippen LogP contribution is 2.69. The predicted octanol–water partition coefficient (Wildman–Crippen LogP) is 3.62. The van der Waals surface area contributed by atoms with Gasteiger partial charge in [-0.1, -0.05) is 13.8 Å². The van der Waals surface area contributed by atoms with E-state index in [1.807, 2.05) is 0 Å². The summed E-state index contributed by atoms with van der Waals surface area (Å²) in [5.74, 6) is 1.24. The van der Waals surface area contributed by atoms with Crippen LogP contribution in [0.5, 0.6) is 0 Å². The molecule has 5 fully saturated rings. The fourth-order valence-corrected chi connectivity index (χ4v) is 7.37. The lowest BCUT2D eigenvalue weighted by atomic mass is 9.40. The zero-order chi connectivity index (χ0) is 15.8. The molecule has 5 rings (SSSR count). The van der Waals surface area contributed by atoms with Crippen LogP contribution in [0.3, 0.4) is 0 Å². The second-order valence-electron chi connectivity index (χ2n) is 9.88. The van der Waals surface area contributed by atoms with Crippen LogP contribution in [0.1, 0.15) is 66.2 Å². The molecule has 0 aromatic carbocycles. The largest absolute Gasteiger partial charge is 0.372 e.